The van der Waals surface area contributed by atoms with Crippen molar-refractivity contribution in [3.8, 4) is 11.5 Å². The van der Waals surface area contributed by atoms with Gasteiger partial charge in [0.15, 0.2) is 5.82 Å². The standard InChI is InChI=1S/C12H13ClN4/c1-7(14)10-6-16-12(17-8(10)2)11-4-3-9(13)5-15-11/h3-7H,14H2,1-2H3. The van der Waals surface area contributed by atoms with Gasteiger partial charge in [-0.3, -0.25) is 4.98 Å². The molecule has 2 rings (SSSR count). The number of nitrogens with two attached hydrogens (primary N) is 1. The lowest BCUT2D eigenvalue weighted by Crippen LogP contribution is -2.09. The molecule has 0 aliphatic rings. The van der Waals surface area contributed by atoms with Crippen molar-refractivity contribution in [1.82, 2.24) is 15.0 Å². The third-order valence-electron chi connectivity index (χ3n) is 2.46. The Kier molecular flexibility index (Phi) is 3.36. The first-order chi connectivity index (χ1) is 8.08. The smallest absolute Gasteiger partial charge is 0.178 e. The normalized spacial score (nSPS) is 12.5. The van der Waals surface area contributed by atoms with Gasteiger partial charge in [-0.2, -0.15) is 0 Å². The molecule has 4 nitrogen and oxygen atoms in total. The van der Waals surface area contributed by atoms with Crippen molar-refractivity contribution in [3.05, 3.63) is 40.8 Å². The molecular formula is C12H13ClN4. The second-order valence-electron chi connectivity index (χ2n) is 3.88. The summed E-state index contributed by atoms with van der Waals surface area (Å²) >= 11 is 5.78. The van der Waals surface area contributed by atoms with Crippen LogP contribution in [-0.2, 0) is 0 Å². The Morgan fingerprint density at radius 3 is 2.53 bits per heavy atom. The van der Waals surface area contributed by atoms with Crippen LogP contribution in [0.1, 0.15) is 24.2 Å². The van der Waals surface area contributed by atoms with Gasteiger partial charge < -0.3 is 5.73 Å². The van der Waals surface area contributed by atoms with Crippen LogP contribution in [0.2, 0.25) is 5.02 Å². The fraction of sp³-hybridized carbons (Fsp3) is 0.250. The average molecular weight is 249 g/mol. The number of pyridine rings is 1. The van der Waals surface area contributed by atoms with E-state index in [0.29, 0.717) is 16.5 Å². The Bertz CT molecular complexity index is 523. The van der Waals surface area contributed by atoms with Gasteiger partial charge >= 0.3 is 0 Å². The van der Waals surface area contributed by atoms with Gasteiger partial charge in [0.25, 0.3) is 0 Å². The maximum Gasteiger partial charge on any atom is 0.178 e. The zero-order chi connectivity index (χ0) is 12.4. The van der Waals surface area contributed by atoms with Crippen LogP contribution in [0, 0.1) is 6.92 Å². The first-order valence-corrected chi connectivity index (χ1v) is 5.67. The molecular weight excluding hydrogens is 236 g/mol. The molecule has 0 bridgehead atoms. The number of aromatic nitrogens is 3. The number of hydrogen-bond donors (Lipinski definition) is 1. The molecule has 0 aromatic carbocycles. The van der Waals surface area contributed by atoms with Crippen LogP contribution in [0.25, 0.3) is 11.5 Å². The summed E-state index contributed by atoms with van der Waals surface area (Å²) in [6, 6.07) is 3.49. The number of nitrogens with zero attached hydrogens (tertiary/aromatic N) is 3. The molecule has 0 fully saturated rings. The predicted octanol–water partition coefficient (Wildman–Crippen LogP) is 2.52. The second kappa shape index (κ2) is 4.77. The Morgan fingerprint density at radius 1 is 1.24 bits per heavy atom. The molecule has 2 N–H and O–H groups in total. The molecule has 0 saturated carbocycles. The summed E-state index contributed by atoms with van der Waals surface area (Å²) in [5.41, 5.74) is 8.34. The van der Waals surface area contributed by atoms with Crippen LogP contribution in [0.15, 0.2) is 24.5 Å². The monoisotopic (exact) mass is 248 g/mol. The van der Waals surface area contributed by atoms with E-state index in [1.165, 1.54) is 0 Å². The SMILES string of the molecule is Cc1nc(-c2ccc(Cl)cn2)ncc1C(C)N. The number of hydrogen-bond acceptors (Lipinski definition) is 4. The summed E-state index contributed by atoms with van der Waals surface area (Å²) in [6.07, 6.45) is 3.33. The van der Waals surface area contributed by atoms with E-state index in [1.807, 2.05) is 13.8 Å². The highest BCUT2D eigenvalue weighted by Crippen LogP contribution is 2.18. The molecule has 0 radical (unpaired) electrons. The van der Waals surface area contributed by atoms with Crippen molar-refractivity contribution in [3.63, 3.8) is 0 Å². The maximum atomic E-state index is 5.81. The quantitative estimate of drug-likeness (QED) is 0.887. The molecule has 0 aliphatic carbocycles. The zero-order valence-electron chi connectivity index (χ0n) is 9.68. The topological polar surface area (TPSA) is 64.7 Å². The molecule has 0 aliphatic heterocycles. The van der Waals surface area contributed by atoms with E-state index in [-0.39, 0.29) is 6.04 Å². The lowest BCUT2D eigenvalue weighted by molar-refractivity contribution is 0.790. The molecule has 0 amide bonds. The van der Waals surface area contributed by atoms with Crippen LogP contribution in [0.5, 0.6) is 0 Å². The third kappa shape index (κ3) is 2.60. The molecule has 1 atom stereocenters. The zero-order valence-corrected chi connectivity index (χ0v) is 10.4. The number of halogens is 1. The summed E-state index contributed by atoms with van der Waals surface area (Å²) in [7, 11) is 0. The summed E-state index contributed by atoms with van der Waals surface area (Å²) in [6.45, 7) is 3.83. The van der Waals surface area contributed by atoms with Crippen molar-refractivity contribution in [2.75, 3.05) is 0 Å². The van der Waals surface area contributed by atoms with Crippen molar-refractivity contribution < 1.29 is 0 Å². The van der Waals surface area contributed by atoms with Crippen LogP contribution < -0.4 is 5.73 Å². The van der Waals surface area contributed by atoms with Crippen LogP contribution in [0.3, 0.4) is 0 Å². The Hall–Kier alpha value is -1.52. The minimum Gasteiger partial charge on any atom is -0.324 e. The van der Waals surface area contributed by atoms with Gasteiger partial charge in [-0.25, -0.2) is 9.97 Å². The fourth-order valence-electron chi connectivity index (χ4n) is 1.55. The van der Waals surface area contributed by atoms with E-state index in [1.54, 1.807) is 24.5 Å². The highest BCUT2D eigenvalue weighted by molar-refractivity contribution is 6.30. The first kappa shape index (κ1) is 12.0. The van der Waals surface area contributed by atoms with Gasteiger partial charge in [0.05, 0.1) is 5.02 Å². The summed E-state index contributed by atoms with van der Waals surface area (Å²) in [4.78, 5) is 12.8. The molecule has 0 spiro atoms. The first-order valence-electron chi connectivity index (χ1n) is 5.29. The van der Waals surface area contributed by atoms with Crippen LogP contribution in [-0.4, -0.2) is 15.0 Å². The lowest BCUT2D eigenvalue weighted by atomic mass is 10.1. The van der Waals surface area contributed by atoms with Gasteiger partial charge in [-0.1, -0.05) is 11.6 Å². The summed E-state index contributed by atoms with van der Waals surface area (Å²) in [5.74, 6) is 0.587. The minimum atomic E-state index is -0.0674. The Balaban J connectivity index is 2.41. The maximum absolute atomic E-state index is 5.81. The molecule has 88 valence electrons. The van der Waals surface area contributed by atoms with Crippen molar-refractivity contribution in [2.45, 2.75) is 19.9 Å². The largest absolute Gasteiger partial charge is 0.324 e. The highest BCUT2D eigenvalue weighted by Gasteiger charge is 2.09. The minimum absolute atomic E-state index is 0.0674. The summed E-state index contributed by atoms with van der Waals surface area (Å²) < 4.78 is 0. The molecule has 5 heteroatoms. The van der Waals surface area contributed by atoms with Crippen molar-refractivity contribution in [1.29, 1.82) is 0 Å². The van der Waals surface area contributed by atoms with E-state index in [9.17, 15) is 0 Å². The number of rotatable bonds is 2. The van der Waals surface area contributed by atoms with Gasteiger partial charge in [0.2, 0.25) is 0 Å². The number of aryl methyl sites for hydroxylation is 1. The predicted molar refractivity (Wildman–Crippen MR) is 67.6 cm³/mol. The van der Waals surface area contributed by atoms with E-state index in [0.717, 1.165) is 11.3 Å². The molecule has 0 saturated heterocycles. The van der Waals surface area contributed by atoms with Crippen LogP contribution in [0.4, 0.5) is 0 Å². The fourth-order valence-corrected chi connectivity index (χ4v) is 1.67. The Morgan fingerprint density at radius 2 is 2.00 bits per heavy atom. The second-order valence-corrected chi connectivity index (χ2v) is 4.32. The molecule has 2 aromatic heterocycles. The van der Waals surface area contributed by atoms with Crippen molar-refractivity contribution in [2.24, 2.45) is 5.73 Å². The van der Waals surface area contributed by atoms with E-state index >= 15 is 0 Å². The lowest BCUT2D eigenvalue weighted by Gasteiger charge is -2.09. The Labute approximate surface area is 105 Å². The molecule has 17 heavy (non-hydrogen) atoms. The van der Waals surface area contributed by atoms with Gasteiger partial charge in [0, 0.05) is 29.7 Å². The van der Waals surface area contributed by atoms with E-state index < -0.39 is 0 Å². The third-order valence-corrected chi connectivity index (χ3v) is 2.69. The average Bonchev–Trinajstić information content (AvgIpc) is 2.29. The van der Waals surface area contributed by atoms with Crippen molar-refractivity contribution >= 4 is 11.6 Å². The highest BCUT2D eigenvalue weighted by atomic mass is 35.5. The summed E-state index contributed by atoms with van der Waals surface area (Å²) in [5, 5.41) is 0.595. The van der Waals surface area contributed by atoms with Gasteiger partial charge in [0.1, 0.15) is 5.69 Å². The van der Waals surface area contributed by atoms with E-state index in [2.05, 4.69) is 15.0 Å². The van der Waals surface area contributed by atoms with Crippen LogP contribution >= 0.6 is 11.6 Å². The van der Waals surface area contributed by atoms with Gasteiger partial charge in [-0.15, -0.1) is 0 Å². The molecule has 1 unspecified atom stereocenters. The van der Waals surface area contributed by atoms with Gasteiger partial charge in [-0.05, 0) is 26.0 Å². The van der Waals surface area contributed by atoms with E-state index in [4.69, 9.17) is 17.3 Å². The molecule has 2 aromatic rings. The molecule has 2 heterocycles.